The number of nitrogens with zero attached hydrogens (tertiary/aromatic N) is 4. The van der Waals surface area contributed by atoms with Crippen LogP contribution in [0.4, 0.5) is 0 Å². The van der Waals surface area contributed by atoms with Gasteiger partial charge in [0.05, 0.1) is 12.4 Å². The first kappa shape index (κ1) is 6.97. The van der Waals surface area contributed by atoms with Crippen molar-refractivity contribution in [1.29, 1.82) is 0 Å². The highest BCUT2D eigenvalue weighted by atomic mass is 15.4. The number of aromatic nitrogens is 4. The van der Waals surface area contributed by atoms with E-state index in [-0.39, 0.29) is 0 Å². The zero-order valence-electron chi connectivity index (χ0n) is 6.60. The summed E-state index contributed by atoms with van der Waals surface area (Å²) in [6.45, 7) is 1.92. The SMILES string of the molecule is Cc1cc[c]c(-n2ccnn2)n1. The van der Waals surface area contributed by atoms with Crippen LogP contribution in [0.5, 0.6) is 0 Å². The fourth-order valence-corrected chi connectivity index (χ4v) is 0.912. The molecule has 0 fully saturated rings. The van der Waals surface area contributed by atoms with Crippen LogP contribution in [-0.2, 0) is 0 Å². The number of hydrogen-bond donors (Lipinski definition) is 0. The summed E-state index contributed by atoms with van der Waals surface area (Å²) >= 11 is 0. The van der Waals surface area contributed by atoms with Crippen molar-refractivity contribution < 1.29 is 0 Å². The monoisotopic (exact) mass is 159 g/mol. The molecule has 1 radical (unpaired) electrons. The summed E-state index contributed by atoms with van der Waals surface area (Å²) in [6, 6.07) is 6.67. The van der Waals surface area contributed by atoms with Crippen LogP contribution in [0.3, 0.4) is 0 Å². The second-order valence-electron chi connectivity index (χ2n) is 2.40. The van der Waals surface area contributed by atoms with Crippen LogP contribution in [0.25, 0.3) is 5.82 Å². The average molecular weight is 159 g/mol. The van der Waals surface area contributed by atoms with Gasteiger partial charge in [0.15, 0.2) is 5.82 Å². The Labute approximate surface area is 69.9 Å². The Morgan fingerprint density at radius 3 is 3.08 bits per heavy atom. The smallest absolute Gasteiger partial charge is 0.163 e. The Bertz CT molecular complexity index is 366. The summed E-state index contributed by atoms with van der Waals surface area (Å²) in [5, 5.41) is 7.48. The summed E-state index contributed by atoms with van der Waals surface area (Å²) in [5.74, 6) is 0.674. The van der Waals surface area contributed by atoms with Gasteiger partial charge in [0.1, 0.15) is 0 Å². The molecule has 0 aliphatic heterocycles. The number of hydrogen-bond acceptors (Lipinski definition) is 3. The van der Waals surface area contributed by atoms with Gasteiger partial charge >= 0.3 is 0 Å². The van der Waals surface area contributed by atoms with E-state index in [0.717, 1.165) is 5.69 Å². The molecule has 0 aliphatic carbocycles. The largest absolute Gasteiger partial charge is 0.233 e. The predicted molar refractivity (Wildman–Crippen MR) is 42.7 cm³/mol. The van der Waals surface area contributed by atoms with Crippen molar-refractivity contribution in [3.05, 3.63) is 36.3 Å². The zero-order chi connectivity index (χ0) is 8.39. The van der Waals surface area contributed by atoms with Crippen LogP contribution in [0.2, 0.25) is 0 Å². The Morgan fingerprint density at radius 2 is 2.42 bits per heavy atom. The molecule has 2 aromatic rings. The van der Waals surface area contributed by atoms with Crippen LogP contribution in [0, 0.1) is 13.0 Å². The van der Waals surface area contributed by atoms with Crippen LogP contribution in [0.1, 0.15) is 5.69 Å². The van der Waals surface area contributed by atoms with Gasteiger partial charge in [-0.3, -0.25) is 0 Å². The molecule has 0 aromatic carbocycles. The first-order valence-corrected chi connectivity index (χ1v) is 3.58. The van der Waals surface area contributed by atoms with Crippen molar-refractivity contribution >= 4 is 0 Å². The molecule has 2 heterocycles. The maximum absolute atomic E-state index is 4.22. The van der Waals surface area contributed by atoms with E-state index in [0.29, 0.717) is 5.82 Å². The molecular formula is C8H7N4. The molecular weight excluding hydrogens is 152 g/mol. The molecule has 12 heavy (non-hydrogen) atoms. The van der Waals surface area contributed by atoms with Gasteiger partial charge in [0, 0.05) is 11.8 Å². The molecule has 0 saturated carbocycles. The number of aryl methyl sites for hydroxylation is 1. The van der Waals surface area contributed by atoms with Gasteiger partial charge in [-0.1, -0.05) is 5.21 Å². The lowest BCUT2D eigenvalue weighted by Crippen LogP contribution is -1.99. The standard InChI is InChI=1S/C8H7N4/c1-7-3-2-4-8(10-7)12-6-5-9-11-12/h2-3,5-6H,1H3. The molecule has 2 rings (SSSR count). The highest BCUT2D eigenvalue weighted by molar-refractivity contribution is 5.20. The average Bonchev–Trinajstić information content (AvgIpc) is 2.56. The Morgan fingerprint density at radius 1 is 1.50 bits per heavy atom. The quantitative estimate of drug-likeness (QED) is 0.617. The normalized spacial score (nSPS) is 10.1. The topological polar surface area (TPSA) is 43.6 Å². The highest BCUT2D eigenvalue weighted by Crippen LogP contribution is 2.00. The first-order valence-electron chi connectivity index (χ1n) is 3.58. The Hall–Kier alpha value is -1.71. The van der Waals surface area contributed by atoms with E-state index >= 15 is 0 Å². The minimum atomic E-state index is 0.674. The molecule has 0 saturated heterocycles. The van der Waals surface area contributed by atoms with Crippen LogP contribution in [-0.4, -0.2) is 20.0 Å². The minimum Gasteiger partial charge on any atom is -0.233 e. The van der Waals surface area contributed by atoms with Gasteiger partial charge in [0.25, 0.3) is 0 Å². The maximum atomic E-state index is 4.22. The second-order valence-corrected chi connectivity index (χ2v) is 2.40. The highest BCUT2D eigenvalue weighted by Gasteiger charge is 1.97. The van der Waals surface area contributed by atoms with E-state index in [9.17, 15) is 0 Å². The second kappa shape index (κ2) is 2.73. The minimum absolute atomic E-state index is 0.674. The van der Waals surface area contributed by atoms with E-state index in [2.05, 4.69) is 21.4 Å². The van der Waals surface area contributed by atoms with Crippen molar-refractivity contribution in [1.82, 2.24) is 20.0 Å². The lowest BCUT2D eigenvalue weighted by molar-refractivity contribution is 0.777. The predicted octanol–water partition coefficient (Wildman–Crippen LogP) is 0.771. The fourth-order valence-electron chi connectivity index (χ4n) is 0.912. The molecule has 0 atom stereocenters. The van der Waals surface area contributed by atoms with E-state index in [4.69, 9.17) is 0 Å². The van der Waals surface area contributed by atoms with Crippen molar-refractivity contribution in [3.63, 3.8) is 0 Å². The van der Waals surface area contributed by atoms with Crippen LogP contribution >= 0.6 is 0 Å². The molecule has 4 nitrogen and oxygen atoms in total. The van der Waals surface area contributed by atoms with E-state index < -0.39 is 0 Å². The third-order valence-corrected chi connectivity index (χ3v) is 1.46. The van der Waals surface area contributed by atoms with Crippen molar-refractivity contribution in [2.45, 2.75) is 6.92 Å². The first-order chi connectivity index (χ1) is 5.86. The van der Waals surface area contributed by atoms with Gasteiger partial charge in [-0.15, -0.1) is 5.10 Å². The summed E-state index contributed by atoms with van der Waals surface area (Å²) in [6.07, 6.45) is 3.34. The van der Waals surface area contributed by atoms with Crippen LogP contribution in [0.15, 0.2) is 24.5 Å². The van der Waals surface area contributed by atoms with Crippen molar-refractivity contribution in [3.8, 4) is 5.82 Å². The lowest BCUT2D eigenvalue weighted by atomic mass is 10.4. The van der Waals surface area contributed by atoms with Gasteiger partial charge in [-0.05, 0) is 19.1 Å². The number of pyridine rings is 1. The van der Waals surface area contributed by atoms with Crippen LogP contribution < -0.4 is 0 Å². The van der Waals surface area contributed by atoms with E-state index in [1.165, 1.54) is 0 Å². The van der Waals surface area contributed by atoms with Gasteiger partial charge in [0.2, 0.25) is 0 Å². The number of rotatable bonds is 1. The molecule has 0 bridgehead atoms. The fraction of sp³-hybridized carbons (Fsp3) is 0.125. The molecule has 0 amide bonds. The Kier molecular flexibility index (Phi) is 1.59. The summed E-state index contributed by atoms with van der Waals surface area (Å²) < 4.78 is 1.58. The molecule has 0 spiro atoms. The molecule has 0 unspecified atom stereocenters. The summed E-state index contributed by atoms with van der Waals surface area (Å²) in [5.41, 5.74) is 0.944. The van der Waals surface area contributed by atoms with Crippen molar-refractivity contribution in [2.75, 3.05) is 0 Å². The molecule has 2 aromatic heterocycles. The van der Waals surface area contributed by atoms with Gasteiger partial charge in [-0.25, -0.2) is 9.67 Å². The van der Waals surface area contributed by atoms with Crippen molar-refractivity contribution in [2.24, 2.45) is 0 Å². The molecule has 0 N–H and O–H groups in total. The molecule has 59 valence electrons. The van der Waals surface area contributed by atoms with E-state index in [1.807, 2.05) is 19.1 Å². The molecule has 0 aliphatic rings. The zero-order valence-corrected chi connectivity index (χ0v) is 6.60. The third-order valence-electron chi connectivity index (χ3n) is 1.46. The van der Waals surface area contributed by atoms with Gasteiger partial charge in [-0.2, -0.15) is 0 Å². The Balaban J connectivity index is 2.48. The lowest BCUT2D eigenvalue weighted by Gasteiger charge is -1.97. The molecule has 4 heteroatoms. The summed E-state index contributed by atoms with van der Waals surface area (Å²) in [4.78, 5) is 4.22. The maximum Gasteiger partial charge on any atom is 0.163 e. The third kappa shape index (κ3) is 1.18. The van der Waals surface area contributed by atoms with E-state index in [1.54, 1.807) is 17.1 Å². The van der Waals surface area contributed by atoms with Gasteiger partial charge < -0.3 is 0 Å². The summed E-state index contributed by atoms with van der Waals surface area (Å²) in [7, 11) is 0.